The molecule has 2 aromatic rings. The van der Waals surface area contributed by atoms with Gasteiger partial charge in [-0.05, 0) is 12.1 Å². The lowest BCUT2D eigenvalue weighted by molar-refractivity contribution is -0.130. The molecule has 1 heterocycles. The summed E-state index contributed by atoms with van der Waals surface area (Å²) >= 11 is 0. The van der Waals surface area contributed by atoms with Gasteiger partial charge in [0.25, 0.3) is 0 Å². The Morgan fingerprint density at radius 3 is 2.61 bits per heavy atom. The lowest BCUT2D eigenvalue weighted by Gasteiger charge is -2.22. The molecule has 148 valence electrons. The monoisotopic (exact) mass is 403 g/mol. The summed E-state index contributed by atoms with van der Waals surface area (Å²) in [5.74, 6) is -0.0345. The SMILES string of the molecule is COc1c(O)cccc1[C@@H]1CC(c2ccccc2NS(C)(=O)=O)=NN1C(C)=O. The van der Waals surface area contributed by atoms with Gasteiger partial charge < -0.3 is 9.84 Å². The highest BCUT2D eigenvalue weighted by atomic mass is 32.2. The first kappa shape index (κ1) is 19.7. The number of ether oxygens (including phenoxy) is 1. The number of anilines is 1. The summed E-state index contributed by atoms with van der Waals surface area (Å²) in [6.45, 7) is 1.40. The number of phenols is 1. The molecule has 0 bridgehead atoms. The molecule has 2 aromatic carbocycles. The van der Waals surface area contributed by atoms with Crippen molar-refractivity contribution in [3.63, 3.8) is 0 Å². The average Bonchev–Trinajstić information content (AvgIpc) is 3.06. The molecule has 0 unspecified atom stereocenters. The Balaban J connectivity index is 2.05. The van der Waals surface area contributed by atoms with Gasteiger partial charge in [-0.1, -0.05) is 30.3 Å². The van der Waals surface area contributed by atoms with Gasteiger partial charge in [0.05, 0.1) is 30.8 Å². The molecule has 9 heteroatoms. The fraction of sp³-hybridized carbons (Fsp3) is 0.263. The Morgan fingerprint density at radius 2 is 1.96 bits per heavy atom. The largest absolute Gasteiger partial charge is 0.504 e. The van der Waals surface area contributed by atoms with E-state index in [9.17, 15) is 18.3 Å². The van der Waals surface area contributed by atoms with Crippen LogP contribution in [0.1, 0.15) is 30.5 Å². The second kappa shape index (κ2) is 7.51. The summed E-state index contributed by atoms with van der Waals surface area (Å²) < 4.78 is 31.2. The standard InChI is InChI=1S/C19H21N3O5S/c1-12(23)22-17(14-8-6-10-18(24)19(14)27-2)11-16(20-22)13-7-4-5-9-15(13)21-28(3,25)26/h4-10,17,21,24H,11H2,1-3H3/t17-/m0/s1. The van der Waals surface area contributed by atoms with E-state index in [0.29, 0.717) is 28.9 Å². The molecule has 2 N–H and O–H groups in total. The van der Waals surface area contributed by atoms with Gasteiger partial charge in [-0.25, -0.2) is 13.4 Å². The number of aromatic hydroxyl groups is 1. The maximum Gasteiger partial charge on any atom is 0.240 e. The molecule has 1 aliphatic rings. The Morgan fingerprint density at radius 1 is 1.25 bits per heavy atom. The van der Waals surface area contributed by atoms with Gasteiger partial charge in [0.15, 0.2) is 11.5 Å². The van der Waals surface area contributed by atoms with Crippen molar-refractivity contribution < 1.29 is 23.1 Å². The number of benzene rings is 2. The van der Waals surface area contributed by atoms with Crippen molar-refractivity contribution in [3.05, 3.63) is 53.6 Å². The van der Waals surface area contributed by atoms with E-state index in [1.165, 1.54) is 25.1 Å². The summed E-state index contributed by atoms with van der Waals surface area (Å²) in [5, 5.41) is 15.9. The second-order valence-corrected chi connectivity index (χ2v) is 8.20. The molecule has 1 aliphatic heterocycles. The molecule has 28 heavy (non-hydrogen) atoms. The zero-order valence-corrected chi connectivity index (χ0v) is 16.5. The number of hydrogen-bond acceptors (Lipinski definition) is 6. The minimum absolute atomic E-state index is 0.0314. The first-order valence-electron chi connectivity index (χ1n) is 8.51. The van der Waals surface area contributed by atoms with E-state index in [2.05, 4.69) is 9.82 Å². The molecule has 1 amide bonds. The van der Waals surface area contributed by atoms with Crippen LogP contribution in [0.25, 0.3) is 0 Å². The minimum Gasteiger partial charge on any atom is -0.504 e. The van der Waals surface area contributed by atoms with Crippen LogP contribution in [0.5, 0.6) is 11.5 Å². The van der Waals surface area contributed by atoms with E-state index < -0.39 is 16.1 Å². The topological polar surface area (TPSA) is 108 Å². The highest BCUT2D eigenvalue weighted by molar-refractivity contribution is 7.92. The third kappa shape index (κ3) is 3.94. The van der Waals surface area contributed by atoms with Crippen LogP contribution in [0.2, 0.25) is 0 Å². The number of sulfonamides is 1. The lowest BCUT2D eigenvalue weighted by Crippen LogP contribution is -2.24. The fourth-order valence-electron chi connectivity index (χ4n) is 3.26. The van der Waals surface area contributed by atoms with E-state index in [-0.39, 0.29) is 17.4 Å². The summed E-state index contributed by atoms with van der Waals surface area (Å²) in [6, 6.07) is 11.3. The van der Waals surface area contributed by atoms with Crippen LogP contribution in [-0.2, 0) is 14.8 Å². The predicted octanol–water partition coefficient (Wildman–Crippen LogP) is 2.47. The van der Waals surface area contributed by atoms with Crippen molar-refractivity contribution in [2.75, 3.05) is 18.1 Å². The molecule has 0 spiro atoms. The number of para-hydroxylation sites is 2. The van der Waals surface area contributed by atoms with Gasteiger partial charge >= 0.3 is 0 Å². The molecule has 0 radical (unpaired) electrons. The van der Waals surface area contributed by atoms with Gasteiger partial charge in [-0.2, -0.15) is 5.10 Å². The van der Waals surface area contributed by atoms with Crippen molar-refractivity contribution in [1.82, 2.24) is 5.01 Å². The summed E-state index contributed by atoms with van der Waals surface area (Å²) in [5.41, 5.74) is 2.14. The van der Waals surface area contributed by atoms with Crippen LogP contribution >= 0.6 is 0 Å². The number of phenolic OH excluding ortho intramolecular Hbond substituents is 1. The van der Waals surface area contributed by atoms with Crippen molar-refractivity contribution in [1.29, 1.82) is 0 Å². The highest BCUT2D eigenvalue weighted by Crippen LogP contribution is 2.41. The van der Waals surface area contributed by atoms with E-state index in [0.717, 1.165) is 6.26 Å². The molecule has 0 saturated heterocycles. The first-order chi connectivity index (χ1) is 13.2. The summed E-state index contributed by atoms with van der Waals surface area (Å²) in [4.78, 5) is 12.2. The van der Waals surface area contributed by atoms with Crippen LogP contribution in [0.15, 0.2) is 47.6 Å². The van der Waals surface area contributed by atoms with Gasteiger partial charge in [0.1, 0.15) is 0 Å². The Kier molecular flexibility index (Phi) is 5.28. The van der Waals surface area contributed by atoms with Gasteiger partial charge in [-0.3, -0.25) is 9.52 Å². The van der Waals surface area contributed by atoms with E-state index in [4.69, 9.17) is 4.74 Å². The number of carbonyl (C=O) groups excluding carboxylic acids is 1. The number of nitrogens with one attached hydrogen (secondary N) is 1. The molecular weight excluding hydrogens is 382 g/mol. The average molecular weight is 403 g/mol. The fourth-order valence-corrected chi connectivity index (χ4v) is 3.83. The Hall–Kier alpha value is -3.07. The van der Waals surface area contributed by atoms with Crippen molar-refractivity contribution in [2.45, 2.75) is 19.4 Å². The number of hydrazone groups is 1. The molecule has 0 aromatic heterocycles. The van der Waals surface area contributed by atoms with Crippen LogP contribution in [-0.4, -0.2) is 43.5 Å². The number of carbonyl (C=O) groups is 1. The van der Waals surface area contributed by atoms with E-state index in [1.54, 1.807) is 36.4 Å². The van der Waals surface area contributed by atoms with Crippen LogP contribution in [0.4, 0.5) is 5.69 Å². The lowest BCUT2D eigenvalue weighted by atomic mass is 9.96. The maximum absolute atomic E-state index is 12.2. The van der Waals surface area contributed by atoms with E-state index >= 15 is 0 Å². The molecule has 3 rings (SSSR count). The predicted molar refractivity (Wildman–Crippen MR) is 106 cm³/mol. The van der Waals surface area contributed by atoms with Crippen molar-refractivity contribution >= 4 is 27.3 Å². The number of rotatable bonds is 5. The number of methoxy groups -OCH3 is 1. The maximum atomic E-state index is 12.2. The summed E-state index contributed by atoms with van der Waals surface area (Å²) in [6.07, 6.45) is 1.41. The molecule has 1 atom stereocenters. The molecule has 8 nitrogen and oxygen atoms in total. The van der Waals surface area contributed by atoms with Crippen molar-refractivity contribution in [2.24, 2.45) is 5.10 Å². The molecule has 0 fully saturated rings. The van der Waals surface area contributed by atoms with Crippen LogP contribution in [0, 0.1) is 0 Å². The van der Waals surface area contributed by atoms with Gasteiger partial charge in [-0.15, -0.1) is 0 Å². The second-order valence-electron chi connectivity index (χ2n) is 6.45. The van der Waals surface area contributed by atoms with Crippen LogP contribution < -0.4 is 9.46 Å². The molecule has 0 aliphatic carbocycles. The zero-order chi connectivity index (χ0) is 20.5. The highest BCUT2D eigenvalue weighted by Gasteiger charge is 2.34. The Bertz CT molecular complexity index is 1050. The third-order valence-corrected chi connectivity index (χ3v) is 4.94. The van der Waals surface area contributed by atoms with Gasteiger partial charge in [0, 0.05) is 24.5 Å². The smallest absolute Gasteiger partial charge is 0.240 e. The minimum atomic E-state index is -3.48. The number of nitrogens with zero attached hydrogens (tertiary/aromatic N) is 2. The molecule has 0 saturated carbocycles. The molecular formula is C19H21N3O5S. The van der Waals surface area contributed by atoms with Crippen LogP contribution in [0.3, 0.4) is 0 Å². The quantitative estimate of drug-likeness (QED) is 0.797. The number of amides is 1. The number of hydrogen-bond donors (Lipinski definition) is 2. The Labute approximate surface area is 163 Å². The first-order valence-corrected chi connectivity index (χ1v) is 10.4. The summed E-state index contributed by atoms with van der Waals surface area (Å²) in [7, 11) is -2.04. The normalized spacial score (nSPS) is 16.6. The van der Waals surface area contributed by atoms with Crippen molar-refractivity contribution in [3.8, 4) is 11.5 Å². The third-order valence-electron chi connectivity index (χ3n) is 4.35. The van der Waals surface area contributed by atoms with E-state index in [1.807, 2.05) is 0 Å². The van der Waals surface area contributed by atoms with Gasteiger partial charge in [0.2, 0.25) is 15.9 Å². The zero-order valence-electron chi connectivity index (χ0n) is 15.7.